The molecule has 3 heterocycles. The predicted molar refractivity (Wildman–Crippen MR) is 67.5 cm³/mol. The Hall–Kier alpha value is -1.86. The van der Waals surface area contributed by atoms with Gasteiger partial charge in [-0.2, -0.15) is 0 Å². The zero-order valence-corrected chi connectivity index (χ0v) is 10.4. The van der Waals surface area contributed by atoms with Crippen LogP contribution in [0.5, 0.6) is 0 Å². The van der Waals surface area contributed by atoms with Crippen LogP contribution >= 0.6 is 0 Å². The monoisotopic (exact) mass is 265 g/mol. The van der Waals surface area contributed by atoms with Crippen molar-refractivity contribution >= 4 is 17.0 Å². The van der Waals surface area contributed by atoms with Gasteiger partial charge in [-0.3, -0.25) is 9.78 Å². The summed E-state index contributed by atoms with van der Waals surface area (Å²) in [5, 5.41) is 9.21. The molecule has 1 aliphatic rings. The van der Waals surface area contributed by atoms with E-state index in [1.807, 2.05) is 6.92 Å². The summed E-state index contributed by atoms with van der Waals surface area (Å²) in [5.41, 5.74) is 6.42. The van der Waals surface area contributed by atoms with Crippen molar-refractivity contribution in [3.63, 3.8) is 0 Å². The molecule has 1 aliphatic heterocycles. The summed E-state index contributed by atoms with van der Waals surface area (Å²) >= 11 is 0. The van der Waals surface area contributed by atoms with E-state index in [0.29, 0.717) is 11.1 Å². The van der Waals surface area contributed by atoms with Crippen LogP contribution in [0.2, 0.25) is 0 Å². The van der Waals surface area contributed by atoms with E-state index in [4.69, 9.17) is 14.9 Å². The van der Waals surface area contributed by atoms with Gasteiger partial charge in [0.25, 0.3) is 5.56 Å². The zero-order chi connectivity index (χ0) is 13.6. The molecule has 3 rings (SSSR count). The lowest BCUT2D eigenvalue weighted by Gasteiger charge is -2.11. The number of aliphatic hydroxyl groups excluding tert-OH is 1. The highest BCUT2D eigenvalue weighted by atomic mass is 16.5. The molecular formula is C12H15N3O4. The number of aromatic nitrogens is 2. The predicted octanol–water partition coefficient (Wildman–Crippen LogP) is 0.557. The molecule has 0 saturated carbocycles. The lowest BCUT2D eigenvalue weighted by Crippen LogP contribution is -2.17. The van der Waals surface area contributed by atoms with Crippen molar-refractivity contribution in [1.82, 2.24) is 9.97 Å². The Bertz CT molecular complexity index is 663. The largest absolute Gasteiger partial charge is 0.456 e. The Morgan fingerprint density at radius 3 is 3.11 bits per heavy atom. The van der Waals surface area contributed by atoms with Crippen LogP contribution in [0.25, 0.3) is 11.1 Å². The number of aliphatic hydroxyl groups is 1. The summed E-state index contributed by atoms with van der Waals surface area (Å²) in [7, 11) is 0. The molecule has 2 aromatic rings. The van der Waals surface area contributed by atoms with E-state index in [1.165, 1.54) is 6.26 Å². The molecule has 0 aromatic carbocycles. The molecule has 0 amide bonds. The van der Waals surface area contributed by atoms with E-state index in [0.717, 1.165) is 6.42 Å². The molecule has 102 valence electrons. The van der Waals surface area contributed by atoms with E-state index >= 15 is 0 Å². The molecule has 4 N–H and O–H groups in total. The smallest absolute Gasteiger partial charge is 0.295 e. The summed E-state index contributed by atoms with van der Waals surface area (Å²) in [5.74, 6) is 0.282. The number of fused-ring (bicyclic) bond motifs is 1. The highest BCUT2D eigenvalue weighted by Gasteiger charge is 2.34. The molecule has 0 aliphatic carbocycles. The fraction of sp³-hybridized carbons (Fsp3) is 0.500. The Labute approximate surface area is 108 Å². The third-order valence-corrected chi connectivity index (χ3v) is 3.56. The fourth-order valence-corrected chi connectivity index (χ4v) is 2.50. The Morgan fingerprint density at radius 2 is 2.42 bits per heavy atom. The Balaban J connectivity index is 2.05. The van der Waals surface area contributed by atoms with Gasteiger partial charge in [-0.05, 0) is 12.3 Å². The number of H-pyrrole nitrogens is 1. The third kappa shape index (κ3) is 1.91. The van der Waals surface area contributed by atoms with Gasteiger partial charge < -0.3 is 20.0 Å². The van der Waals surface area contributed by atoms with Gasteiger partial charge >= 0.3 is 0 Å². The first kappa shape index (κ1) is 12.2. The lowest BCUT2D eigenvalue weighted by molar-refractivity contribution is 0.00109. The van der Waals surface area contributed by atoms with Gasteiger partial charge in [-0.1, -0.05) is 6.92 Å². The molecule has 2 aromatic heterocycles. The standard InChI is InChI=1S/C12H15N3O4/c1-5-2-7(19-8(5)3-16)6-4-18-10-9(6)14-12(13)15-11(10)17/h4-5,7-8,16H,2-3H2,1H3,(H3,13,14,15,17)/t5?,7-,8-/m1/s1. The molecule has 0 spiro atoms. The van der Waals surface area contributed by atoms with Crippen molar-refractivity contribution in [3.8, 4) is 0 Å². The summed E-state index contributed by atoms with van der Waals surface area (Å²) in [4.78, 5) is 18.1. The number of nitrogens with zero attached hydrogens (tertiary/aromatic N) is 1. The van der Waals surface area contributed by atoms with Crippen molar-refractivity contribution < 1.29 is 14.3 Å². The van der Waals surface area contributed by atoms with Crippen LogP contribution in [0.3, 0.4) is 0 Å². The first-order valence-corrected chi connectivity index (χ1v) is 6.13. The highest BCUT2D eigenvalue weighted by Crippen LogP contribution is 2.39. The van der Waals surface area contributed by atoms with Crippen molar-refractivity contribution in [1.29, 1.82) is 0 Å². The maximum atomic E-state index is 11.7. The van der Waals surface area contributed by atoms with E-state index in [9.17, 15) is 9.90 Å². The van der Waals surface area contributed by atoms with Crippen LogP contribution in [0.1, 0.15) is 25.0 Å². The summed E-state index contributed by atoms with van der Waals surface area (Å²) in [6.45, 7) is 1.99. The first-order valence-electron chi connectivity index (χ1n) is 6.13. The second kappa shape index (κ2) is 4.36. The molecule has 19 heavy (non-hydrogen) atoms. The topological polar surface area (TPSA) is 114 Å². The zero-order valence-electron chi connectivity index (χ0n) is 10.4. The van der Waals surface area contributed by atoms with Gasteiger partial charge in [0.1, 0.15) is 5.52 Å². The molecule has 7 heteroatoms. The normalized spacial score (nSPS) is 27.2. The summed E-state index contributed by atoms with van der Waals surface area (Å²) < 4.78 is 11.0. The minimum Gasteiger partial charge on any atom is -0.456 e. The van der Waals surface area contributed by atoms with Gasteiger partial charge in [0.05, 0.1) is 25.1 Å². The van der Waals surface area contributed by atoms with Crippen LogP contribution in [0, 0.1) is 5.92 Å². The highest BCUT2D eigenvalue weighted by molar-refractivity contribution is 5.76. The second-order valence-corrected chi connectivity index (χ2v) is 4.88. The molecule has 3 atom stereocenters. The minimum absolute atomic E-state index is 0.0242. The van der Waals surface area contributed by atoms with Gasteiger partial charge in [-0.25, -0.2) is 4.98 Å². The SMILES string of the molecule is CC1C[C@H](c2coc3c(=O)[nH]c(N)nc23)O[C@@H]1CO. The molecule has 7 nitrogen and oxygen atoms in total. The van der Waals surface area contributed by atoms with Gasteiger partial charge in [-0.15, -0.1) is 0 Å². The van der Waals surface area contributed by atoms with Gasteiger partial charge in [0.15, 0.2) is 0 Å². The summed E-state index contributed by atoms with van der Waals surface area (Å²) in [6.07, 6.45) is 1.79. The van der Waals surface area contributed by atoms with Crippen LogP contribution in [0.4, 0.5) is 5.95 Å². The van der Waals surface area contributed by atoms with Crippen molar-refractivity contribution in [3.05, 3.63) is 22.2 Å². The van der Waals surface area contributed by atoms with Crippen LogP contribution in [-0.4, -0.2) is 27.8 Å². The number of furan rings is 1. The maximum absolute atomic E-state index is 11.7. The minimum atomic E-state index is -0.404. The molecule has 1 fully saturated rings. The van der Waals surface area contributed by atoms with Crippen molar-refractivity contribution in [2.75, 3.05) is 12.3 Å². The summed E-state index contributed by atoms with van der Waals surface area (Å²) in [6, 6.07) is 0. The Morgan fingerprint density at radius 1 is 1.63 bits per heavy atom. The number of ether oxygens (including phenoxy) is 1. The quantitative estimate of drug-likeness (QED) is 0.730. The van der Waals surface area contributed by atoms with Gasteiger partial charge in [0, 0.05) is 5.56 Å². The molecule has 0 bridgehead atoms. The van der Waals surface area contributed by atoms with Crippen LogP contribution < -0.4 is 11.3 Å². The second-order valence-electron chi connectivity index (χ2n) is 4.88. The number of hydrogen-bond donors (Lipinski definition) is 3. The third-order valence-electron chi connectivity index (χ3n) is 3.56. The van der Waals surface area contributed by atoms with Gasteiger partial charge in [0.2, 0.25) is 11.5 Å². The molecular weight excluding hydrogens is 250 g/mol. The molecule has 0 radical (unpaired) electrons. The fourth-order valence-electron chi connectivity index (χ4n) is 2.50. The number of aromatic amines is 1. The number of nitrogens with one attached hydrogen (secondary N) is 1. The average Bonchev–Trinajstić information content (AvgIpc) is 2.92. The van der Waals surface area contributed by atoms with E-state index in [-0.39, 0.29) is 36.3 Å². The number of rotatable bonds is 2. The Kier molecular flexibility index (Phi) is 2.79. The average molecular weight is 265 g/mol. The van der Waals surface area contributed by atoms with Crippen molar-refractivity contribution in [2.24, 2.45) is 5.92 Å². The van der Waals surface area contributed by atoms with E-state index in [2.05, 4.69) is 9.97 Å². The molecule has 1 saturated heterocycles. The number of anilines is 1. The van der Waals surface area contributed by atoms with E-state index < -0.39 is 5.56 Å². The molecule has 1 unspecified atom stereocenters. The number of hydrogen-bond acceptors (Lipinski definition) is 6. The number of nitrogen functional groups attached to an aromatic ring is 1. The first-order chi connectivity index (χ1) is 9.10. The van der Waals surface area contributed by atoms with Crippen LogP contribution in [0.15, 0.2) is 15.5 Å². The van der Waals surface area contributed by atoms with E-state index in [1.54, 1.807) is 0 Å². The maximum Gasteiger partial charge on any atom is 0.295 e. The lowest BCUT2D eigenvalue weighted by atomic mass is 9.99. The van der Waals surface area contributed by atoms with Crippen molar-refractivity contribution in [2.45, 2.75) is 25.6 Å². The number of nitrogens with two attached hydrogens (primary N) is 1. The van der Waals surface area contributed by atoms with Crippen LogP contribution in [-0.2, 0) is 4.74 Å².